The Balaban J connectivity index is 1.40. The molecule has 3 fully saturated rings. The summed E-state index contributed by atoms with van der Waals surface area (Å²) in [5, 5.41) is 6.40. The van der Waals surface area contributed by atoms with Gasteiger partial charge in [0.05, 0.1) is 11.3 Å². The first-order valence-electron chi connectivity index (χ1n) is 12.5. The number of likely N-dealkylation sites (tertiary alicyclic amines) is 1. The summed E-state index contributed by atoms with van der Waals surface area (Å²) in [6.07, 6.45) is 0.154. The molecule has 0 radical (unpaired) electrons. The Kier molecular flexibility index (Phi) is 6.68. The van der Waals surface area contributed by atoms with E-state index in [-0.39, 0.29) is 41.1 Å². The maximum atomic E-state index is 13.4. The van der Waals surface area contributed by atoms with Crippen molar-refractivity contribution in [2.75, 3.05) is 25.5 Å². The number of rotatable bonds is 8. The summed E-state index contributed by atoms with van der Waals surface area (Å²) >= 11 is 1.91. The minimum Gasteiger partial charge on any atom is -0.381 e. The number of halogens is 3. The summed E-state index contributed by atoms with van der Waals surface area (Å²) in [6.45, 7) is 8.57. The van der Waals surface area contributed by atoms with Crippen LogP contribution in [0.5, 0.6) is 0 Å². The lowest BCUT2D eigenvalue weighted by Crippen LogP contribution is -2.31. The number of anilines is 1. The Morgan fingerprint density at radius 1 is 1.25 bits per heavy atom. The second kappa shape index (κ2) is 9.38. The molecule has 0 spiro atoms. The third-order valence-electron chi connectivity index (χ3n) is 8.42. The van der Waals surface area contributed by atoms with Crippen LogP contribution >= 0.6 is 22.6 Å². The van der Waals surface area contributed by atoms with Gasteiger partial charge in [-0.2, -0.15) is 0 Å². The number of amides is 1. The molecule has 1 saturated heterocycles. The number of hydrogen-bond donors (Lipinski definition) is 2. The number of aromatic nitrogens is 1. The van der Waals surface area contributed by atoms with Crippen LogP contribution in [0, 0.1) is 26.7 Å². The van der Waals surface area contributed by atoms with E-state index in [9.17, 15) is 18.4 Å². The lowest BCUT2D eigenvalue weighted by atomic mass is 10.0. The summed E-state index contributed by atoms with van der Waals surface area (Å²) in [5.41, 5.74) is 1.63. The number of alkyl halides is 2. The predicted octanol–water partition coefficient (Wildman–Crippen LogP) is 4.90. The van der Waals surface area contributed by atoms with Crippen LogP contribution in [0.1, 0.15) is 61.1 Å². The monoisotopic (exact) mass is 610 g/mol. The van der Waals surface area contributed by atoms with Gasteiger partial charge in [-0.1, -0.05) is 32.0 Å². The van der Waals surface area contributed by atoms with Crippen LogP contribution < -0.4 is 16.2 Å². The number of nitrogens with zero attached hydrogens (tertiary/aromatic N) is 2. The molecule has 3 aliphatic rings. The maximum Gasteiger partial charge on any atom is 0.264 e. The number of fused-ring (bicyclic) bond motifs is 1. The van der Waals surface area contributed by atoms with Crippen LogP contribution in [0.25, 0.3) is 0 Å². The van der Waals surface area contributed by atoms with E-state index in [4.69, 9.17) is 0 Å². The minimum atomic E-state index is -2.57. The van der Waals surface area contributed by atoms with Gasteiger partial charge in [0.15, 0.2) is 0 Å². The molecule has 2 aromatic rings. The molecule has 0 bridgehead atoms. The standard InChI is InChI=1S/C27H33F2IN4O2/c1-14(20-9-27(20,2)3)34-13-19(21(8-22(34)35)32-24-17-11-33(4)12-18(17)24)26(36)31-10-15-6-5-7-16(23(15)30)25(28)29/h5-8,13-14,17-18,20,24-25,32H,9-12H2,1-4H3,(H,31,36)/t14-,17+,18?,20+,24?/m0/s1. The van der Waals surface area contributed by atoms with Gasteiger partial charge in [-0.05, 0) is 71.7 Å². The number of nitrogens with one attached hydrogen (secondary N) is 2. The number of benzene rings is 1. The molecule has 1 amide bonds. The summed E-state index contributed by atoms with van der Waals surface area (Å²) in [5.74, 6) is 1.10. The average Bonchev–Trinajstić information content (AvgIpc) is 3.59. The van der Waals surface area contributed by atoms with Crippen LogP contribution in [0.2, 0.25) is 0 Å². The Hall–Kier alpha value is -2.01. The van der Waals surface area contributed by atoms with E-state index in [0.29, 0.717) is 38.1 Å². The van der Waals surface area contributed by atoms with E-state index >= 15 is 0 Å². The van der Waals surface area contributed by atoms with Crippen molar-refractivity contribution in [2.24, 2.45) is 23.2 Å². The van der Waals surface area contributed by atoms with Gasteiger partial charge in [0, 0.05) is 53.1 Å². The second-order valence-electron chi connectivity index (χ2n) is 11.4. The van der Waals surface area contributed by atoms with Crippen molar-refractivity contribution in [3.05, 3.63) is 61.1 Å². The molecule has 6 nitrogen and oxygen atoms in total. The van der Waals surface area contributed by atoms with Crippen molar-refractivity contribution >= 4 is 34.2 Å². The molecule has 5 atom stereocenters. The highest BCUT2D eigenvalue weighted by Gasteiger charge is 2.55. The Morgan fingerprint density at radius 2 is 1.92 bits per heavy atom. The van der Waals surface area contributed by atoms with Gasteiger partial charge < -0.3 is 20.1 Å². The molecule has 1 aromatic carbocycles. The summed E-state index contributed by atoms with van der Waals surface area (Å²) in [7, 11) is 2.11. The highest BCUT2D eigenvalue weighted by Crippen LogP contribution is 2.57. The highest BCUT2D eigenvalue weighted by molar-refractivity contribution is 14.1. The van der Waals surface area contributed by atoms with E-state index in [1.54, 1.807) is 29.0 Å². The van der Waals surface area contributed by atoms with E-state index in [1.165, 1.54) is 6.07 Å². The van der Waals surface area contributed by atoms with Gasteiger partial charge in [-0.3, -0.25) is 9.59 Å². The van der Waals surface area contributed by atoms with E-state index < -0.39 is 6.43 Å². The zero-order valence-corrected chi connectivity index (χ0v) is 23.2. The second-order valence-corrected chi connectivity index (χ2v) is 12.5. The van der Waals surface area contributed by atoms with Crippen molar-refractivity contribution in [3.63, 3.8) is 0 Å². The summed E-state index contributed by atoms with van der Waals surface area (Å²) in [6, 6.07) is 6.52. The van der Waals surface area contributed by atoms with Gasteiger partial charge in [0.1, 0.15) is 0 Å². The molecular weight excluding hydrogens is 577 g/mol. The van der Waals surface area contributed by atoms with Crippen molar-refractivity contribution < 1.29 is 13.6 Å². The van der Waals surface area contributed by atoms with Crippen LogP contribution in [-0.2, 0) is 6.54 Å². The predicted molar refractivity (Wildman–Crippen MR) is 144 cm³/mol. The molecule has 2 aliphatic carbocycles. The Bertz CT molecular complexity index is 1230. The molecule has 1 aliphatic heterocycles. The first-order chi connectivity index (χ1) is 17.0. The van der Waals surface area contributed by atoms with E-state index in [1.807, 2.05) is 29.5 Å². The number of carbonyl (C=O) groups excluding carboxylic acids is 1. The molecule has 2 unspecified atom stereocenters. The number of hydrogen-bond acceptors (Lipinski definition) is 4. The van der Waals surface area contributed by atoms with Crippen molar-refractivity contribution in [2.45, 2.75) is 52.2 Å². The van der Waals surface area contributed by atoms with Gasteiger partial charge in [0.2, 0.25) is 0 Å². The van der Waals surface area contributed by atoms with E-state index in [2.05, 4.69) is 36.4 Å². The zero-order valence-electron chi connectivity index (χ0n) is 21.0. The van der Waals surface area contributed by atoms with Crippen molar-refractivity contribution in [1.29, 1.82) is 0 Å². The molecular formula is C27H33F2IN4O2. The topological polar surface area (TPSA) is 66.4 Å². The summed E-state index contributed by atoms with van der Waals surface area (Å²) < 4.78 is 28.8. The SMILES string of the molecule is C[C@@H]([C@H]1CC1(C)C)n1cc(C(=O)NCc2cccc(C(F)F)c2I)c(NC2C3CN(C)C[C@H]32)cc1=O. The smallest absolute Gasteiger partial charge is 0.264 e. The average molecular weight is 610 g/mol. The van der Waals surface area contributed by atoms with Crippen LogP contribution in [0.15, 0.2) is 35.3 Å². The molecule has 36 heavy (non-hydrogen) atoms. The van der Waals surface area contributed by atoms with Gasteiger partial charge >= 0.3 is 0 Å². The quantitative estimate of drug-likeness (QED) is 0.418. The molecule has 2 saturated carbocycles. The zero-order chi connectivity index (χ0) is 25.9. The lowest BCUT2D eigenvalue weighted by Gasteiger charge is -2.21. The Labute approximate surface area is 224 Å². The van der Waals surface area contributed by atoms with Crippen molar-refractivity contribution in [1.82, 2.24) is 14.8 Å². The molecule has 1 aromatic heterocycles. The van der Waals surface area contributed by atoms with Gasteiger partial charge in [-0.15, -0.1) is 0 Å². The highest BCUT2D eigenvalue weighted by atomic mass is 127. The number of piperidine rings is 1. The van der Waals surface area contributed by atoms with Crippen LogP contribution in [0.4, 0.5) is 14.5 Å². The third-order valence-corrected chi connectivity index (χ3v) is 9.73. The van der Waals surface area contributed by atoms with Gasteiger partial charge in [0.25, 0.3) is 17.9 Å². The number of carbonyl (C=O) groups is 1. The van der Waals surface area contributed by atoms with Crippen molar-refractivity contribution in [3.8, 4) is 0 Å². The Morgan fingerprint density at radius 3 is 2.53 bits per heavy atom. The molecule has 9 heteroatoms. The lowest BCUT2D eigenvalue weighted by molar-refractivity contribution is 0.0950. The fourth-order valence-corrected chi connectivity index (χ4v) is 6.78. The fraction of sp³-hybridized carbons (Fsp3) is 0.556. The van der Waals surface area contributed by atoms with Crippen LogP contribution in [-0.4, -0.2) is 41.6 Å². The fourth-order valence-electron chi connectivity index (χ4n) is 6.00. The minimum absolute atomic E-state index is 0.0225. The molecule has 2 N–H and O–H groups in total. The first kappa shape index (κ1) is 25.6. The molecule has 194 valence electrons. The maximum absolute atomic E-state index is 13.4. The third kappa shape index (κ3) is 4.80. The largest absolute Gasteiger partial charge is 0.381 e. The van der Waals surface area contributed by atoms with Gasteiger partial charge in [-0.25, -0.2) is 8.78 Å². The normalized spacial score (nSPS) is 27.0. The van der Waals surface area contributed by atoms with Crippen LogP contribution in [0.3, 0.4) is 0 Å². The summed E-state index contributed by atoms with van der Waals surface area (Å²) in [4.78, 5) is 28.9. The first-order valence-corrected chi connectivity index (χ1v) is 13.6. The molecule has 2 heterocycles. The number of pyridine rings is 1. The van der Waals surface area contributed by atoms with E-state index in [0.717, 1.165) is 19.5 Å². The molecule has 5 rings (SSSR count).